The van der Waals surface area contributed by atoms with Crippen molar-refractivity contribution in [1.82, 2.24) is 4.98 Å². The molecule has 2 N–H and O–H groups in total. The molecule has 17 heavy (non-hydrogen) atoms. The Kier molecular flexibility index (Phi) is 4.34. The minimum absolute atomic E-state index is 0.00216. The fraction of sp³-hybridized carbons (Fsp3) is 0.615. The molecule has 1 fully saturated rings. The van der Waals surface area contributed by atoms with E-state index >= 15 is 0 Å². The molecule has 0 radical (unpaired) electrons. The number of nitrogens with zero attached hydrogens (tertiary/aromatic N) is 2. The van der Waals surface area contributed by atoms with Gasteiger partial charge in [-0.1, -0.05) is 12.8 Å². The molecule has 0 amide bonds. The second-order valence-corrected chi connectivity index (χ2v) is 4.52. The lowest BCUT2D eigenvalue weighted by atomic mass is 10.1. The fourth-order valence-electron chi connectivity index (χ4n) is 2.65. The maximum atomic E-state index is 9.35. The highest BCUT2D eigenvalue weighted by atomic mass is 16.3. The third kappa shape index (κ3) is 2.76. The lowest BCUT2D eigenvalue weighted by Gasteiger charge is -2.31. The molecular weight excluding hydrogens is 216 g/mol. The first-order valence-corrected chi connectivity index (χ1v) is 6.28. The Bertz CT molecular complexity index is 351. The largest absolute Gasteiger partial charge is 0.395 e. The van der Waals surface area contributed by atoms with Crippen LogP contribution in [0.5, 0.6) is 0 Å². The average molecular weight is 236 g/mol. The second-order valence-electron chi connectivity index (χ2n) is 4.52. The van der Waals surface area contributed by atoms with E-state index < -0.39 is 0 Å². The summed E-state index contributed by atoms with van der Waals surface area (Å²) in [6.45, 7) is 0.767. The van der Waals surface area contributed by atoms with Crippen LogP contribution in [0.4, 0.5) is 5.69 Å². The van der Waals surface area contributed by atoms with Gasteiger partial charge in [0.2, 0.25) is 0 Å². The number of hydrogen-bond acceptors (Lipinski definition) is 4. The summed E-state index contributed by atoms with van der Waals surface area (Å²) in [5, 5.41) is 18.6. The van der Waals surface area contributed by atoms with Gasteiger partial charge in [-0.25, -0.2) is 0 Å². The summed E-state index contributed by atoms with van der Waals surface area (Å²) >= 11 is 0. The minimum atomic E-state index is -0.00216. The topological polar surface area (TPSA) is 56.6 Å². The number of pyridine rings is 1. The Morgan fingerprint density at radius 3 is 2.71 bits per heavy atom. The number of aromatic nitrogens is 1. The maximum Gasteiger partial charge on any atom is 0.0717 e. The van der Waals surface area contributed by atoms with Crippen molar-refractivity contribution in [3.05, 3.63) is 24.0 Å². The first-order chi connectivity index (χ1) is 8.36. The van der Waals surface area contributed by atoms with Crippen LogP contribution in [-0.4, -0.2) is 34.4 Å². The predicted molar refractivity (Wildman–Crippen MR) is 66.8 cm³/mol. The standard InChI is InChI=1S/C13H20N2O2/c16-8-7-15(12-3-1-2-4-12)13-5-6-14-9-11(13)10-17/h5-6,9,12,16-17H,1-4,7-8,10H2. The van der Waals surface area contributed by atoms with Gasteiger partial charge in [-0.05, 0) is 18.9 Å². The highest BCUT2D eigenvalue weighted by Gasteiger charge is 2.23. The average Bonchev–Trinajstić information content (AvgIpc) is 2.89. The van der Waals surface area contributed by atoms with Crippen LogP contribution in [0.25, 0.3) is 0 Å². The fourth-order valence-corrected chi connectivity index (χ4v) is 2.65. The van der Waals surface area contributed by atoms with Crippen LogP contribution in [0, 0.1) is 0 Å². The zero-order chi connectivity index (χ0) is 12.1. The molecule has 0 aliphatic heterocycles. The second kappa shape index (κ2) is 5.98. The van der Waals surface area contributed by atoms with Crippen LogP contribution in [-0.2, 0) is 6.61 Å². The molecule has 1 aromatic heterocycles. The molecule has 1 aromatic rings. The molecule has 0 bridgehead atoms. The van der Waals surface area contributed by atoms with Gasteiger partial charge in [0.15, 0.2) is 0 Å². The van der Waals surface area contributed by atoms with Crippen LogP contribution in [0.2, 0.25) is 0 Å². The van der Waals surface area contributed by atoms with E-state index in [1.807, 2.05) is 6.07 Å². The van der Waals surface area contributed by atoms with Crippen LogP contribution in [0.3, 0.4) is 0 Å². The zero-order valence-electron chi connectivity index (χ0n) is 10.0. The molecule has 1 aliphatic rings. The molecule has 0 spiro atoms. The van der Waals surface area contributed by atoms with Gasteiger partial charge < -0.3 is 15.1 Å². The van der Waals surface area contributed by atoms with Gasteiger partial charge >= 0.3 is 0 Å². The number of hydrogen-bond donors (Lipinski definition) is 2. The van der Waals surface area contributed by atoms with Crippen molar-refractivity contribution >= 4 is 5.69 Å². The van der Waals surface area contributed by atoms with Crippen LogP contribution < -0.4 is 4.90 Å². The molecule has 4 heteroatoms. The van der Waals surface area contributed by atoms with E-state index in [9.17, 15) is 10.2 Å². The van der Waals surface area contributed by atoms with Crippen LogP contribution in [0.15, 0.2) is 18.5 Å². The first-order valence-electron chi connectivity index (χ1n) is 6.28. The van der Waals surface area contributed by atoms with Gasteiger partial charge in [-0.2, -0.15) is 0 Å². The quantitative estimate of drug-likeness (QED) is 0.809. The Morgan fingerprint density at radius 1 is 1.29 bits per heavy atom. The number of rotatable bonds is 5. The van der Waals surface area contributed by atoms with Crippen molar-refractivity contribution in [1.29, 1.82) is 0 Å². The van der Waals surface area contributed by atoms with Crippen LogP contribution in [0.1, 0.15) is 31.2 Å². The predicted octanol–water partition coefficient (Wildman–Crippen LogP) is 1.32. The summed E-state index contributed by atoms with van der Waals surface area (Å²) in [7, 11) is 0. The smallest absolute Gasteiger partial charge is 0.0717 e. The summed E-state index contributed by atoms with van der Waals surface area (Å²) in [5.41, 5.74) is 1.86. The Hall–Kier alpha value is -1.13. The normalized spacial score (nSPS) is 16.4. The monoisotopic (exact) mass is 236 g/mol. The molecule has 4 nitrogen and oxygen atoms in total. The highest BCUT2D eigenvalue weighted by Crippen LogP contribution is 2.29. The number of aliphatic hydroxyl groups excluding tert-OH is 2. The Morgan fingerprint density at radius 2 is 2.06 bits per heavy atom. The third-order valence-corrected chi connectivity index (χ3v) is 3.46. The Balaban J connectivity index is 2.24. The van der Waals surface area contributed by atoms with E-state index in [1.54, 1.807) is 12.4 Å². The molecule has 1 heterocycles. The van der Waals surface area contributed by atoms with Crippen molar-refractivity contribution in [2.75, 3.05) is 18.1 Å². The summed E-state index contributed by atoms with van der Waals surface area (Å²) in [6, 6.07) is 2.43. The molecule has 0 atom stereocenters. The van der Waals surface area contributed by atoms with Gasteiger partial charge in [-0.15, -0.1) is 0 Å². The Labute approximate surface area is 102 Å². The zero-order valence-corrected chi connectivity index (χ0v) is 10.0. The van der Waals surface area contributed by atoms with Crippen molar-refractivity contribution in [3.63, 3.8) is 0 Å². The van der Waals surface area contributed by atoms with Crippen molar-refractivity contribution in [2.45, 2.75) is 38.3 Å². The van der Waals surface area contributed by atoms with Gasteiger partial charge in [0.05, 0.1) is 13.2 Å². The van der Waals surface area contributed by atoms with E-state index in [-0.39, 0.29) is 13.2 Å². The minimum Gasteiger partial charge on any atom is -0.395 e. The van der Waals surface area contributed by atoms with E-state index in [0.717, 1.165) is 11.3 Å². The molecule has 2 rings (SSSR count). The van der Waals surface area contributed by atoms with E-state index in [0.29, 0.717) is 12.6 Å². The lowest BCUT2D eigenvalue weighted by molar-refractivity contribution is 0.279. The number of anilines is 1. The van der Waals surface area contributed by atoms with Gasteiger partial charge in [0.25, 0.3) is 0 Å². The molecule has 1 saturated carbocycles. The SMILES string of the molecule is OCCN(c1ccncc1CO)C1CCCC1. The molecule has 94 valence electrons. The molecule has 0 aromatic carbocycles. The molecule has 0 unspecified atom stereocenters. The van der Waals surface area contributed by atoms with Crippen molar-refractivity contribution < 1.29 is 10.2 Å². The lowest BCUT2D eigenvalue weighted by Crippen LogP contribution is -2.36. The van der Waals surface area contributed by atoms with E-state index in [4.69, 9.17) is 0 Å². The maximum absolute atomic E-state index is 9.35. The molecule has 1 aliphatic carbocycles. The summed E-state index contributed by atoms with van der Waals surface area (Å²) < 4.78 is 0. The first kappa shape index (κ1) is 12.3. The van der Waals surface area contributed by atoms with Crippen LogP contribution >= 0.6 is 0 Å². The highest BCUT2D eigenvalue weighted by molar-refractivity contribution is 5.53. The number of aliphatic hydroxyl groups is 2. The summed E-state index contributed by atoms with van der Waals surface area (Å²) in [4.78, 5) is 6.26. The molecule has 0 saturated heterocycles. The van der Waals surface area contributed by atoms with Gasteiger partial charge in [0, 0.05) is 36.2 Å². The van der Waals surface area contributed by atoms with Gasteiger partial charge in [0.1, 0.15) is 0 Å². The molecular formula is C13H20N2O2. The van der Waals surface area contributed by atoms with Gasteiger partial charge in [-0.3, -0.25) is 4.98 Å². The summed E-state index contributed by atoms with van der Waals surface area (Å²) in [5.74, 6) is 0. The third-order valence-electron chi connectivity index (χ3n) is 3.46. The summed E-state index contributed by atoms with van der Waals surface area (Å²) in [6.07, 6.45) is 8.31. The van der Waals surface area contributed by atoms with E-state index in [1.165, 1.54) is 25.7 Å². The van der Waals surface area contributed by atoms with E-state index in [2.05, 4.69) is 9.88 Å². The van der Waals surface area contributed by atoms with Crippen molar-refractivity contribution in [2.24, 2.45) is 0 Å². The van der Waals surface area contributed by atoms with Crippen molar-refractivity contribution in [3.8, 4) is 0 Å².